The minimum atomic E-state index is 0.771. The van der Waals surface area contributed by atoms with Crippen LogP contribution in [0.25, 0.3) is 11.5 Å². The highest BCUT2D eigenvalue weighted by atomic mass is 14.9. The minimum absolute atomic E-state index is 0.771. The van der Waals surface area contributed by atoms with E-state index in [0.717, 1.165) is 17.2 Å². The second-order valence-electron chi connectivity index (χ2n) is 2.54. The summed E-state index contributed by atoms with van der Waals surface area (Å²) in [6.45, 7) is 1.92. The molecule has 59 valence electrons. The summed E-state index contributed by atoms with van der Waals surface area (Å²) >= 11 is 0. The Balaban J connectivity index is 2.45. The van der Waals surface area contributed by atoms with Crippen molar-refractivity contribution in [3.63, 3.8) is 0 Å². The van der Waals surface area contributed by atoms with Gasteiger partial charge in [-0.05, 0) is 19.1 Å². The van der Waals surface area contributed by atoms with Crippen molar-refractivity contribution in [3.8, 4) is 11.5 Å². The standard InChI is InChI=1S/C9H8N3/c1-7-6-11-9(12-7)8-4-2-3-5-10-8/h2-5H,1H3,(H,11,12). The Morgan fingerprint density at radius 2 is 2.33 bits per heavy atom. The molecule has 2 aromatic rings. The van der Waals surface area contributed by atoms with Gasteiger partial charge in [0, 0.05) is 11.9 Å². The van der Waals surface area contributed by atoms with E-state index in [1.165, 1.54) is 0 Å². The van der Waals surface area contributed by atoms with Crippen LogP contribution in [0.5, 0.6) is 0 Å². The fourth-order valence-electron chi connectivity index (χ4n) is 0.997. The van der Waals surface area contributed by atoms with E-state index in [9.17, 15) is 0 Å². The summed E-state index contributed by atoms with van der Waals surface area (Å²) in [5.41, 5.74) is 1.78. The van der Waals surface area contributed by atoms with E-state index >= 15 is 0 Å². The Morgan fingerprint density at radius 3 is 2.92 bits per heavy atom. The Bertz CT molecular complexity index is 364. The summed E-state index contributed by atoms with van der Waals surface area (Å²) in [6.07, 6.45) is 4.56. The fourth-order valence-corrected chi connectivity index (χ4v) is 0.997. The first-order chi connectivity index (χ1) is 5.86. The quantitative estimate of drug-likeness (QED) is 0.684. The number of H-pyrrole nitrogens is 1. The van der Waals surface area contributed by atoms with Crippen LogP contribution in [0.3, 0.4) is 0 Å². The molecule has 0 aliphatic heterocycles. The maximum Gasteiger partial charge on any atom is 0.156 e. The van der Waals surface area contributed by atoms with Crippen molar-refractivity contribution in [3.05, 3.63) is 36.3 Å². The Morgan fingerprint density at radius 1 is 1.42 bits per heavy atom. The van der Waals surface area contributed by atoms with Crippen molar-refractivity contribution in [2.45, 2.75) is 6.92 Å². The maximum atomic E-state index is 4.15. The van der Waals surface area contributed by atoms with Crippen LogP contribution < -0.4 is 0 Å². The number of nitrogens with zero attached hydrogens (tertiary/aromatic N) is 2. The van der Waals surface area contributed by atoms with Gasteiger partial charge in [0.2, 0.25) is 0 Å². The molecule has 2 rings (SSSR count). The van der Waals surface area contributed by atoms with Crippen molar-refractivity contribution in [1.29, 1.82) is 0 Å². The lowest BCUT2D eigenvalue weighted by molar-refractivity contribution is 1.20. The summed E-state index contributed by atoms with van der Waals surface area (Å²) in [6, 6.07) is 5.72. The average molecular weight is 158 g/mol. The van der Waals surface area contributed by atoms with Gasteiger partial charge < -0.3 is 4.98 Å². The topological polar surface area (TPSA) is 41.6 Å². The number of hydrogen-bond acceptors (Lipinski definition) is 2. The zero-order chi connectivity index (χ0) is 8.39. The third-order valence-electron chi connectivity index (χ3n) is 1.55. The number of aryl methyl sites for hydroxylation is 1. The normalized spacial score (nSPS) is 10.1. The van der Waals surface area contributed by atoms with E-state index in [1.54, 1.807) is 6.20 Å². The molecule has 1 N–H and O–H groups in total. The molecule has 2 aromatic heterocycles. The van der Waals surface area contributed by atoms with Crippen LogP contribution in [0.1, 0.15) is 5.69 Å². The number of aromatic nitrogens is 3. The molecule has 12 heavy (non-hydrogen) atoms. The molecule has 0 aliphatic carbocycles. The molecule has 0 amide bonds. The number of rotatable bonds is 1. The van der Waals surface area contributed by atoms with Gasteiger partial charge in [-0.25, -0.2) is 4.98 Å². The summed E-state index contributed by atoms with van der Waals surface area (Å²) < 4.78 is 0. The molecule has 0 unspecified atom stereocenters. The molecule has 0 spiro atoms. The SMILES string of the molecule is Cc1[c]nc(-c2ccccn2)[nH]1. The van der Waals surface area contributed by atoms with Crippen molar-refractivity contribution in [2.75, 3.05) is 0 Å². The first-order valence-corrected chi connectivity index (χ1v) is 3.72. The number of aromatic amines is 1. The Hall–Kier alpha value is -1.64. The van der Waals surface area contributed by atoms with Gasteiger partial charge in [0.05, 0.1) is 0 Å². The molecule has 1 radical (unpaired) electrons. The zero-order valence-corrected chi connectivity index (χ0v) is 6.70. The molecule has 0 atom stereocenters. The van der Waals surface area contributed by atoms with E-state index < -0.39 is 0 Å². The van der Waals surface area contributed by atoms with Crippen LogP contribution in [0.2, 0.25) is 0 Å². The lowest BCUT2D eigenvalue weighted by atomic mass is 10.3. The highest BCUT2D eigenvalue weighted by Gasteiger charge is 2.00. The number of nitrogens with one attached hydrogen (secondary N) is 1. The van der Waals surface area contributed by atoms with Crippen LogP contribution in [0.4, 0.5) is 0 Å². The second-order valence-corrected chi connectivity index (χ2v) is 2.54. The molecule has 0 saturated heterocycles. The largest absolute Gasteiger partial charge is 0.340 e. The van der Waals surface area contributed by atoms with Gasteiger partial charge in [-0.1, -0.05) is 6.07 Å². The lowest BCUT2D eigenvalue weighted by Crippen LogP contribution is -1.83. The van der Waals surface area contributed by atoms with Crippen LogP contribution in [0.15, 0.2) is 24.4 Å². The van der Waals surface area contributed by atoms with E-state index in [-0.39, 0.29) is 0 Å². The molecule has 0 aromatic carbocycles. The minimum Gasteiger partial charge on any atom is -0.340 e. The van der Waals surface area contributed by atoms with Crippen molar-refractivity contribution >= 4 is 0 Å². The predicted molar refractivity (Wildman–Crippen MR) is 45.4 cm³/mol. The molecular weight excluding hydrogens is 150 g/mol. The summed E-state index contributed by atoms with van der Waals surface area (Å²) in [4.78, 5) is 11.3. The van der Waals surface area contributed by atoms with Crippen LogP contribution in [-0.2, 0) is 0 Å². The highest BCUT2D eigenvalue weighted by Crippen LogP contribution is 2.10. The van der Waals surface area contributed by atoms with Crippen molar-refractivity contribution in [2.24, 2.45) is 0 Å². The van der Waals surface area contributed by atoms with E-state index in [0.29, 0.717) is 0 Å². The zero-order valence-electron chi connectivity index (χ0n) is 6.70. The summed E-state index contributed by atoms with van der Waals surface area (Å²) in [5, 5.41) is 0. The average Bonchev–Trinajstić information content (AvgIpc) is 2.54. The van der Waals surface area contributed by atoms with Gasteiger partial charge in [0.15, 0.2) is 5.82 Å². The van der Waals surface area contributed by atoms with Gasteiger partial charge in [-0.15, -0.1) is 0 Å². The molecule has 0 saturated carbocycles. The predicted octanol–water partition coefficient (Wildman–Crippen LogP) is 1.58. The third-order valence-corrected chi connectivity index (χ3v) is 1.55. The number of hydrogen-bond donors (Lipinski definition) is 1. The van der Waals surface area contributed by atoms with E-state index in [2.05, 4.69) is 21.1 Å². The smallest absolute Gasteiger partial charge is 0.156 e. The van der Waals surface area contributed by atoms with Crippen LogP contribution in [-0.4, -0.2) is 15.0 Å². The highest BCUT2D eigenvalue weighted by molar-refractivity contribution is 5.48. The first-order valence-electron chi connectivity index (χ1n) is 3.72. The molecular formula is C9H8N3. The van der Waals surface area contributed by atoms with E-state index in [1.807, 2.05) is 25.1 Å². The Labute approximate surface area is 70.5 Å². The molecule has 0 fully saturated rings. The molecule has 0 aliphatic rings. The van der Waals surface area contributed by atoms with Gasteiger partial charge >= 0.3 is 0 Å². The molecule has 0 bridgehead atoms. The molecule has 3 nitrogen and oxygen atoms in total. The lowest BCUT2D eigenvalue weighted by Gasteiger charge is -1.92. The van der Waals surface area contributed by atoms with Gasteiger partial charge in [-0.3, -0.25) is 4.98 Å². The van der Waals surface area contributed by atoms with Crippen molar-refractivity contribution in [1.82, 2.24) is 15.0 Å². The first kappa shape index (κ1) is 7.03. The van der Waals surface area contributed by atoms with Crippen LogP contribution >= 0.6 is 0 Å². The molecule has 3 heteroatoms. The van der Waals surface area contributed by atoms with Gasteiger partial charge in [0.25, 0.3) is 0 Å². The van der Waals surface area contributed by atoms with Gasteiger partial charge in [-0.2, -0.15) is 0 Å². The monoisotopic (exact) mass is 158 g/mol. The van der Waals surface area contributed by atoms with E-state index in [4.69, 9.17) is 0 Å². The number of imidazole rings is 1. The maximum absolute atomic E-state index is 4.15. The second kappa shape index (κ2) is 2.77. The van der Waals surface area contributed by atoms with Crippen molar-refractivity contribution < 1.29 is 0 Å². The van der Waals surface area contributed by atoms with Gasteiger partial charge in [0.1, 0.15) is 11.9 Å². The molecule has 2 heterocycles. The Kier molecular flexibility index (Phi) is 1.63. The fraction of sp³-hybridized carbons (Fsp3) is 0.111. The number of pyridine rings is 1. The summed E-state index contributed by atoms with van der Waals surface area (Å²) in [5.74, 6) is 0.771. The summed E-state index contributed by atoms with van der Waals surface area (Å²) in [7, 11) is 0. The van der Waals surface area contributed by atoms with Crippen LogP contribution in [0, 0.1) is 13.1 Å². The third kappa shape index (κ3) is 1.21.